The molecule has 2 N–H and O–H groups in total. The molecule has 0 unspecified atom stereocenters. The highest BCUT2D eigenvalue weighted by molar-refractivity contribution is 5.84. The largest absolute Gasteiger partial charge is 0.463 e. The van der Waals surface area contributed by atoms with Crippen LogP contribution in [-0.4, -0.2) is 5.78 Å². The van der Waals surface area contributed by atoms with Crippen molar-refractivity contribution in [3.05, 3.63) is 48.3 Å². The van der Waals surface area contributed by atoms with Crippen molar-refractivity contribution in [1.29, 1.82) is 0 Å². The van der Waals surface area contributed by atoms with Crippen LogP contribution in [0.25, 0.3) is 0 Å². The maximum Gasteiger partial charge on any atom is 0.161 e. The summed E-state index contributed by atoms with van der Waals surface area (Å²) in [6.07, 6.45) is 3.31. The van der Waals surface area contributed by atoms with E-state index in [0.29, 0.717) is 0 Å². The average molecular weight is 260 g/mol. The second kappa shape index (κ2) is 4.70. The van der Waals surface area contributed by atoms with Gasteiger partial charge in [-0.05, 0) is 38.1 Å². The number of hydrogen-bond acceptors (Lipinski definition) is 3. The van der Waals surface area contributed by atoms with E-state index in [4.69, 9.17) is 8.83 Å². The lowest BCUT2D eigenvalue weighted by molar-refractivity contribution is -0.751. The minimum atomic E-state index is -0.0487. The van der Waals surface area contributed by atoms with Gasteiger partial charge in [-0.3, -0.25) is 4.79 Å². The molecule has 1 aliphatic heterocycles. The van der Waals surface area contributed by atoms with Crippen LogP contribution in [0.4, 0.5) is 0 Å². The highest BCUT2D eigenvalue weighted by atomic mass is 16.3. The van der Waals surface area contributed by atoms with E-state index in [1.54, 1.807) is 12.5 Å². The van der Waals surface area contributed by atoms with Crippen molar-refractivity contribution in [3.8, 4) is 0 Å². The number of furan rings is 2. The van der Waals surface area contributed by atoms with Crippen LogP contribution in [0.5, 0.6) is 0 Å². The Bertz CT molecular complexity index is 496. The van der Waals surface area contributed by atoms with Gasteiger partial charge >= 0.3 is 0 Å². The van der Waals surface area contributed by atoms with E-state index in [-0.39, 0.29) is 29.7 Å². The summed E-state index contributed by atoms with van der Waals surface area (Å²) in [5.41, 5.74) is 0. The normalized spacial score (nSPS) is 31.6. The summed E-state index contributed by atoms with van der Waals surface area (Å²) in [6.45, 7) is 3.95. The van der Waals surface area contributed by atoms with Crippen molar-refractivity contribution in [2.45, 2.75) is 25.9 Å². The van der Waals surface area contributed by atoms with Gasteiger partial charge in [0.25, 0.3) is 0 Å². The Balaban J connectivity index is 1.93. The lowest BCUT2D eigenvalue weighted by Gasteiger charge is -2.33. The van der Waals surface area contributed by atoms with Crippen LogP contribution in [-0.2, 0) is 4.79 Å². The summed E-state index contributed by atoms with van der Waals surface area (Å²) in [5.74, 6) is 1.87. The van der Waals surface area contributed by atoms with E-state index >= 15 is 0 Å². The lowest BCUT2D eigenvalue weighted by Crippen LogP contribution is -2.91. The third kappa shape index (κ3) is 2.02. The Labute approximate surface area is 111 Å². The molecule has 4 heteroatoms. The zero-order valence-electron chi connectivity index (χ0n) is 11.1. The molecule has 0 saturated carbocycles. The number of hydrogen-bond donors (Lipinski definition) is 1. The fourth-order valence-corrected chi connectivity index (χ4v) is 2.97. The number of piperidine rings is 1. The molecule has 19 heavy (non-hydrogen) atoms. The quantitative estimate of drug-likeness (QED) is 0.899. The van der Waals surface area contributed by atoms with Gasteiger partial charge in [0.05, 0.1) is 24.4 Å². The molecule has 4 nitrogen and oxygen atoms in total. The maximum absolute atomic E-state index is 12.4. The number of nitrogens with two attached hydrogens (primary N) is 1. The third-order valence-corrected chi connectivity index (χ3v) is 4.13. The van der Waals surface area contributed by atoms with Crippen LogP contribution < -0.4 is 5.32 Å². The molecule has 3 heterocycles. The molecule has 1 aliphatic rings. The molecular formula is C15H18NO3+. The van der Waals surface area contributed by atoms with Crippen LogP contribution in [0.1, 0.15) is 37.5 Å². The zero-order chi connectivity index (χ0) is 13.4. The van der Waals surface area contributed by atoms with Crippen LogP contribution in [0.15, 0.2) is 45.6 Å². The van der Waals surface area contributed by atoms with Crippen LogP contribution >= 0.6 is 0 Å². The van der Waals surface area contributed by atoms with Gasteiger partial charge in [0.2, 0.25) is 0 Å². The Kier molecular flexibility index (Phi) is 3.03. The Morgan fingerprint density at radius 2 is 1.42 bits per heavy atom. The average Bonchev–Trinajstić information content (AvgIpc) is 3.08. The van der Waals surface area contributed by atoms with Crippen molar-refractivity contribution in [2.24, 2.45) is 11.8 Å². The maximum atomic E-state index is 12.4. The van der Waals surface area contributed by atoms with Gasteiger partial charge in [-0.1, -0.05) is 0 Å². The van der Waals surface area contributed by atoms with Gasteiger partial charge in [-0.25, -0.2) is 0 Å². The molecule has 2 aromatic rings. The number of quaternary nitrogens is 1. The van der Waals surface area contributed by atoms with Gasteiger partial charge < -0.3 is 14.2 Å². The summed E-state index contributed by atoms with van der Waals surface area (Å²) in [4.78, 5) is 12.4. The van der Waals surface area contributed by atoms with Crippen molar-refractivity contribution >= 4 is 5.78 Å². The number of rotatable bonds is 2. The van der Waals surface area contributed by atoms with Crippen molar-refractivity contribution in [2.75, 3.05) is 0 Å². The first-order chi connectivity index (χ1) is 9.18. The molecule has 0 aliphatic carbocycles. The monoisotopic (exact) mass is 260 g/mol. The molecule has 1 saturated heterocycles. The molecule has 0 spiro atoms. The van der Waals surface area contributed by atoms with Crippen LogP contribution in [0, 0.1) is 11.8 Å². The van der Waals surface area contributed by atoms with Crippen molar-refractivity contribution in [1.82, 2.24) is 0 Å². The Morgan fingerprint density at radius 1 is 0.947 bits per heavy atom. The molecular weight excluding hydrogens is 242 g/mol. The second-order valence-corrected chi connectivity index (χ2v) is 5.25. The van der Waals surface area contributed by atoms with Gasteiger partial charge in [0, 0.05) is 0 Å². The fraction of sp³-hybridized carbons (Fsp3) is 0.400. The number of Topliss-reactive ketones (excluding diaryl/α,β-unsaturated/α-hetero) is 1. The lowest BCUT2D eigenvalue weighted by atomic mass is 9.79. The first-order valence-corrected chi connectivity index (χ1v) is 6.64. The van der Waals surface area contributed by atoms with Crippen molar-refractivity contribution in [3.63, 3.8) is 0 Å². The molecule has 3 rings (SSSR count). The predicted molar refractivity (Wildman–Crippen MR) is 68.2 cm³/mol. The Morgan fingerprint density at radius 3 is 1.79 bits per heavy atom. The number of carbonyl (C=O) groups excluding carboxylic acids is 1. The first kappa shape index (κ1) is 12.2. The SMILES string of the molecule is C[C@@H]1C(=O)[C@H](C)[C@@H](c2ccco2)[NH2+][C@@H]1c1ccco1. The zero-order valence-corrected chi connectivity index (χ0v) is 11.1. The highest BCUT2D eigenvalue weighted by Gasteiger charge is 2.45. The molecule has 0 aromatic carbocycles. The molecule has 2 aromatic heterocycles. The van der Waals surface area contributed by atoms with Crippen LogP contribution in [0.2, 0.25) is 0 Å². The summed E-state index contributed by atoms with van der Waals surface area (Å²) in [7, 11) is 0. The smallest absolute Gasteiger partial charge is 0.161 e. The first-order valence-electron chi connectivity index (χ1n) is 6.64. The summed E-state index contributed by atoms with van der Waals surface area (Å²) in [5, 5.41) is 2.19. The standard InChI is InChI=1S/C15H17NO3/c1-9-13(11-5-3-7-18-11)16-14(10(2)15(9)17)12-6-4-8-19-12/h3-10,13-14,16H,1-2H3/p+1/t9-,10+,13-,14-/m0/s1. The predicted octanol–water partition coefficient (Wildman–Crippen LogP) is 2.07. The molecule has 100 valence electrons. The van der Waals surface area contributed by atoms with E-state index in [2.05, 4.69) is 5.32 Å². The summed E-state index contributed by atoms with van der Waals surface area (Å²) < 4.78 is 11.0. The van der Waals surface area contributed by atoms with E-state index in [1.165, 1.54) is 0 Å². The third-order valence-electron chi connectivity index (χ3n) is 4.13. The summed E-state index contributed by atoms with van der Waals surface area (Å²) >= 11 is 0. The van der Waals surface area contributed by atoms with Gasteiger partial charge in [0.15, 0.2) is 29.4 Å². The number of ketones is 1. The Hall–Kier alpha value is -1.81. The minimum absolute atomic E-state index is 0.0220. The van der Waals surface area contributed by atoms with Gasteiger partial charge in [-0.15, -0.1) is 0 Å². The van der Waals surface area contributed by atoms with Gasteiger partial charge in [-0.2, -0.15) is 0 Å². The molecule has 4 atom stereocenters. The fourth-order valence-electron chi connectivity index (χ4n) is 2.97. The van der Waals surface area contributed by atoms with E-state index in [1.807, 2.05) is 38.1 Å². The number of carbonyl (C=O) groups is 1. The second-order valence-electron chi connectivity index (χ2n) is 5.25. The summed E-state index contributed by atoms with van der Waals surface area (Å²) in [6, 6.07) is 7.63. The van der Waals surface area contributed by atoms with Crippen LogP contribution in [0.3, 0.4) is 0 Å². The van der Waals surface area contributed by atoms with E-state index < -0.39 is 0 Å². The van der Waals surface area contributed by atoms with Crippen molar-refractivity contribution < 1.29 is 18.9 Å². The minimum Gasteiger partial charge on any atom is -0.463 e. The molecule has 0 radical (unpaired) electrons. The molecule has 0 amide bonds. The van der Waals surface area contributed by atoms with Gasteiger partial charge in [0.1, 0.15) is 0 Å². The molecule has 0 bridgehead atoms. The van der Waals surface area contributed by atoms with E-state index in [9.17, 15) is 4.79 Å². The van der Waals surface area contributed by atoms with E-state index in [0.717, 1.165) is 11.5 Å². The highest BCUT2D eigenvalue weighted by Crippen LogP contribution is 2.32. The topological polar surface area (TPSA) is 60.0 Å². The molecule has 1 fully saturated rings.